The fraction of sp³-hybridized carbons (Fsp3) is 0.267. The minimum absolute atomic E-state index is 0.368. The van der Waals surface area contributed by atoms with E-state index in [0.717, 1.165) is 17.7 Å². The summed E-state index contributed by atoms with van der Waals surface area (Å²) in [6.45, 7) is 0. The number of rotatable bonds is 3. The molecule has 21 heavy (non-hydrogen) atoms. The van der Waals surface area contributed by atoms with Crippen molar-refractivity contribution in [2.24, 2.45) is 0 Å². The summed E-state index contributed by atoms with van der Waals surface area (Å²) < 4.78 is 4.66. The van der Waals surface area contributed by atoms with Gasteiger partial charge < -0.3 is 15.2 Å². The van der Waals surface area contributed by atoms with Crippen LogP contribution in [0, 0.1) is 0 Å². The van der Waals surface area contributed by atoms with E-state index < -0.39 is 6.10 Å². The van der Waals surface area contributed by atoms with Gasteiger partial charge in [0.2, 0.25) is 0 Å². The number of aliphatic hydroxyl groups excluding tert-OH is 1. The Kier molecular flexibility index (Phi) is 3.53. The third kappa shape index (κ3) is 2.57. The normalized spacial score (nSPS) is 16.4. The zero-order chi connectivity index (χ0) is 14.8. The number of methoxy groups -OCH3 is 1. The SMILES string of the molecule is COC(=O)c1ccc(Nc2ncnc3c2CCC3O)cc1. The van der Waals surface area contributed by atoms with Crippen molar-refractivity contribution in [2.45, 2.75) is 18.9 Å². The van der Waals surface area contributed by atoms with E-state index in [2.05, 4.69) is 20.0 Å². The van der Waals surface area contributed by atoms with Crippen LogP contribution in [0.5, 0.6) is 0 Å². The molecule has 1 aliphatic carbocycles. The summed E-state index contributed by atoms with van der Waals surface area (Å²) in [7, 11) is 1.35. The molecule has 1 aliphatic rings. The van der Waals surface area contributed by atoms with Crippen LogP contribution in [-0.2, 0) is 11.2 Å². The fourth-order valence-electron chi connectivity index (χ4n) is 2.43. The minimum Gasteiger partial charge on any atom is -0.465 e. The van der Waals surface area contributed by atoms with Gasteiger partial charge in [0.1, 0.15) is 12.1 Å². The molecule has 6 nitrogen and oxygen atoms in total. The van der Waals surface area contributed by atoms with Gasteiger partial charge in [-0.25, -0.2) is 14.8 Å². The van der Waals surface area contributed by atoms with Gasteiger partial charge in [-0.2, -0.15) is 0 Å². The van der Waals surface area contributed by atoms with Gasteiger partial charge in [0, 0.05) is 11.3 Å². The maximum absolute atomic E-state index is 11.4. The summed E-state index contributed by atoms with van der Waals surface area (Å²) in [6, 6.07) is 6.94. The Bertz CT molecular complexity index is 670. The largest absolute Gasteiger partial charge is 0.465 e. The first-order chi connectivity index (χ1) is 10.2. The Morgan fingerprint density at radius 3 is 2.81 bits per heavy atom. The first-order valence-corrected chi connectivity index (χ1v) is 6.66. The molecule has 0 amide bonds. The molecule has 1 aromatic heterocycles. The molecule has 0 fully saturated rings. The smallest absolute Gasteiger partial charge is 0.337 e. The second kappa shape index (κ2) is 5.49. The average Bonchev–Trinajstić information content (AvgIpc) is 2.90. The quantitative estimate of drug-likeness (QED) is 0.839. The number of carbonyl (C=O) groups excluding carboxylic acids is 1. The predicted molar refractivity (Wildman–Crippen MR) is 76.4 cm³/mol. The van der Waals surface area contributed by atoms with Crippen molar-refractivity contribution in [1.82, 2.24) is 9.97 Å². The van der Waals surface area contributed by atoms with E-state index in [9.17, 15) is 9.90 Å². The molecule has 108 valence electrons. The lowest BCUT2D eigenvalue weighted by molar-refractivity contribution is 0.0601. The zero-order valence-electron chi connectivity index (χ0n) is 11.5. The number of aromatic nitrogens is 2. The van der Waals surface area contributed by atoms with E-state index in [1.165, 1.54) is 13.4 Å². The van der Waals surface area contributed by atoms with Crippen LogP contribution in [-0.4, -0.2) is 28.2 Å². The molecule has 2 N–H and O–H groups in total. The number of nitrogens with zero attached hydrogens (tertiary/aromatic N) is 2. The molecule has 0 spiro atoms. The van der Waals surface area contributed by atoms with Gasteiger partial charge in [0.15, 0.2) is 0 Å². The number of nitrogens with one attached hydrogen (secondary N) is 1. The molecular formula is C15H15N3O3. The van der Waals surface area contributed by atoms with E-state index >= 15 is 0 Å². The third-order valence-electron chi connectivity index (χ3n) is 3.53. The van der Waals surface area contributed by atoms with Crippen molar-refractivity contribution in [3.8, 4) is 0 Å². The highest BCUT2D eigenvalue weighted by molar-refractivity contribution is 5.89. The van der Waals surface area contributed by atoms with Crippen molar-refractivity contribution in [2.75, 3.05) is 12.4 Å². The Morgan fingerprint density at radius 1 is 1.33 bits per heavy atom. The van der Waals surface area contributed by atoms with Crippen molar-refractivity contribution in [1.29, 1.82) is 0 Å². The summed E-state index contributed by atoms with van der Waals surface area (Å²) in [4.78, 5) is 19.7. The summed E-state index contributed by atoms with van der Waals surface area (Å²) >= 11 is 0. The molecule has 0 bridgehead atoms. The van der Waals surface area contributed by atoms with Crippen LogP contribution in [0.15, 0.2) is 30.6 Å². The van der Waals surface area contributed by atoms with E-state index in [-0.39, 0.29) is 5.97 Å². The second-order valence-electron chi connectivity index (χ2n) is 4.83. The van der Waals surface area contributed by atoms with Crippen LogP contribution < -0.4 is 5.32 Å². The monoisotopic (exact) mass is 285 g/mol. The Balaban J connectivity index is 1.83. The molecule has 1 atom stereocenters. The molecule has 1 aromatic carbocycles. The molecule has 1 unspecified atom stereocenters. The lowest BCUT2D eigenvalue weighted by Crippen LogP contribution is -2.03. The van der Waals surface area contributed by atoms with E-state index in [0.29, 0.717) is 23.5 Å². The highest BCUT2D eigenvalue weighted by Crippen LogP contribution is 2.33. The topological polar surface area (TPSA) is 84.3 Å². The highest BCUT2D eigenvalue weighted by atomic mass is 16.5. The summed E-state index contributed by atoms with van der Waals surface area (Å²) in [5.41, 5.74) is 2.94. The predicted octanol–water partition coefficient (Wildman–Crippen LogP) is 1.99. The lowest BCUT2D eigenvalue weighted by Gasteiger charge is -2.10. The number of anilines is 2. The van der Waals surface area contributed by atoms with Gasteiger partial charge in [-0.15, -0.1) is 0 Å². The van der Waals surface area contributed by atoms with Crippen LogP contribution in [0.3, 0.4) is 0 Å². The van der Waals surface area contributed by atoms with Crippen molar-refractivity contribution < 1.29 is 14.6 Å². The Morgan fingerprint density at radius 2 is 2.10 bits per heavy atom. The highest BCUT2D eigenvalue weighted by Gasteiger charge is 2.25. The number of benzene rings is 1. The van der Waals surface area contributed by atoms with Crippen LogP contribution in [0.1, 0.15) is 34.1 Å². The van der Waals surface area contributed by atoms with Gasteiger partial charge in [0.05, 0.1) is 24.5 Å². The number of aliphatic hydroxyl groups is 1. The first kappa shape index (κ1) is 13.5. The van der Waals surface area contributed by atoms with Gasteiger partial charge >= 0.3 is 5.97 Å². The van der Waals surface area contributed by atoms with Crippen molar-refractivity contribution in [3.05, 3.63) is 47.4 Å². The van der Waals surface area contributed by atoms with Crippen molar-refractivity contribution in [3.63, 3.8) is 0 Å². The molecule has 0 saturated heterocycles. The standard InChI is InChI=1S/C15H15N3O3/c1-21-15(20)9-2-4-10(5-3-9)18-14-11-6-7-12(19)13(11)16-8-17-14/h2-5,8,12,19H,6-7H2,1H3,(H,16,17,18). The number of ether oxygens (including phenoxy) is 1. The van der Waals surface area contributed by atoms with Gasteiger partial charge in [0.25, 0.3) is 0 Å². The zero-order valence-corrected chi connectivity index (χ0v) is 11.5. The number of hydrogen-bond donors (Lipinski definition) is 2. The number of fused-ring (bicyclic) bond motifs is 1. The van der Waals surface area contributed by atoms with Crippen LogP contribution in [0.2, 0.25) is 0 Å². The van der Waals surface area contributed by atoms with Gasteiger partial charge in [-0.3, -0.25) is 0 Å². The molecule has 0 radical (unpaired) electrons. The van der Waals surface area contributed by atoms with Gasteiger partial charge in [-0.1, -0.05) is 0 Å². The molecule has 6 heteroatoms. The van der Waals surface area contributed by atoms with Gasteiger partial charge in [-0.05, 0) is 37.1 Å². The fourth-order valence-corrected chi connectivity index (χ4v) is 2.43. The maximum Gasteiger partial charge on any atom is 0.337 e. The number of carbonyl (C=O) groups is 1. The second-order valence-corrected chi connectivity index (χ2v) is 4.83. The minimum atomic E-state index is -0.509. The molecule has 0 aliphatic heterocycles. The van der Waals surface area contributed by atoms with E-state index in [1.54, 1.807) is 24.3 Å². The summed E-state index contributed by atoms with van der Waals surface area (Å²) in [5.74, 6) is 0.329. The molecule has 3 rings (SSSR count). The maximum atomic E-state index is 11.4. The number of hydrogen-bond acceptors (Lipinski definition) is 6. The molecular weight excluding hydrogens is 270 g/mol. The lowest BCUT2D eigenvalue weighted by atomic mass is 10.2. The Hall–Kier alpha value is -2.47. The molecule has 2 aromatic rings. The van der Waals surface area contributed by atoms with E-state index in [1.807, 2.05) is 0 Å². The molecule has 0 saturated carbocycles. The van der Waals surface area contributed by atoms with E-state index in [4.69, 9.17) is 0 Å². The van der Waals surface area contributed by atoms with Crippen LogP contribution in [0.25, 0.3) is 0 Å². The third-order valence-corrected chi connectivity index (χ3v) is 3.53. The van der Waals surface area contributed by atoms with Crippen molar-refractivity contribution >= 4 is 17.5 Å². The van der Waals surface area contributed by atoms with Crippen LogP contribution >= 0.6 is 0 Å². The summed E-state index contributed by atoms with van der Waals surface area (Å²) in [5, 5.41) is 13.0. The molecule has 1 heterocycles. The van der Waals surface area contributed by atoms with Crippen LogP contribution in [0.4, 0.5) is 11.5 Å². The number of esters is 1. The first-order valence-electron chi connectivity index (χ1n) is 6.66. The average molecular weight is 285 g/mol. The summed E-state index contributed by atoms with van der Waals surface area (Å²) in [6.07, 6.45) is 2.35. The Labute approximate surface area is 121 Å².